The van der Waals surface area contributed by atoms with Crippen LogP contribution in [0.4, 0.5) is 0 Å². The molecule has 1 rings (SSSR count). The quantitative estimate of drug-likeness (QED) is 0.618. The topological polar surface area (TPSA) is 31.2 Å². The van der Waals surface area contributed by atoms with Crippen LogP contribution < -0.4 is 0 Å². The molecule has 0 aromatic rings. The summed E-state index contributed by atoms with van der Waals surface area (Å²) in [7, 11) is 0. The number of rotatable bonds is 0. The Kier molecular flexibility index (Phi) is 8.43. The Labute approximate surface area is 56.6 Å². The molecule has 56 valence electrons. The van der Waals surface area contributed by atoms with Gasteiger partial charge in [0, 0.05) is 0 Å². The van der Waals surface area contributed by atoms with E-state index < -0.39 is 0 Å². The third-order valence-corrected chi connectivity index (χ3v) is 0.837. The molecule has 0 unspecified atom stereocenters. The van der Waals surface area contributed by atoms with Crippen molar-refractivity contribution in [1.82, 2.24) is 0 Å². The first-order valence-corrected chi connectivity index (χ1v) is 3.51. The van der Waals surface area contributed by atoms with Gasteiger partial charge in [0.2, 0.25) is 0 Å². The summed E-state index contributed by atoms with van der Waals surface area (Å²) >= 11 is 0. The average molecular weight is 395 g/mol. The molecule has 1 aliphatic heterocycles. The maximum atomic E-state index is 10.1. The zero-order valence-corrected chi connectivity index (χ0v) is 13.3. The summed E-state index contributed by atoms with van der Waals surface area (Å²) in [6, 6.07) is 0. The molecule has 1 amide bonds. The standard InChI is InChI=1S/C4H7NO.C3H8.Rf/c6-4-2-1-3-5-4;1-3-2;/h1-3H2,(H,5,6);3H2,1-2H3;/p-1. The third kappa shape index (κ3) is 6.47. The minimum Gasteiger partial charge on any atom is -0.653 e. The normalized spacial score (nSPS) is 14.4. The number of nitrogens with zero attached hydrogens (tertiary/aromatic N) is 1. The molecular weight excluding hydrogens is 381 g/mol. The van der Waals surface area contributed by atoms with Crippen LogP contribution in [0.3, 0.4) is 0 Å². The average Bonchev–Trinajstić information content (AvgIpc) is 2.20. The Balaban J connectivity index is 0. The fourth-order valence-corrected chi connectivity index (χ4v) is 0.513. The molecule has 0 radical (unpaired) electrons. The number of hydrogen-bond donors (Lipinski definition) is 0. The molecule has 0 aromatic heterocycles. The van der Waals surface area contributed by atoms with Crippen LogP contribution in [0.1, 0.15) is 33.1 Å². The van der Waals surface area contributed by atoms with E-state index in [1.807, 2.05) is 0 Å². The molecule has 0 saturated carbocycles. The van der Waals surface area contributed by atoms with E-state index in [1.165, 1.54) is 6.42 Å². The first-order chi connectivity index (χ1) is 4.31. The summed E-state index contributed by atoms with van der Waals surface area (Å²) in [5.74, 6) is 0.0787. The number of hydrogen-bond acceptors (Lipinski definition) is 1. The van der Waals surface area contributed by atoms with Gasteiger partial charge >= 0.3 is 0 Å². The molecule has 0 bridgehead atoms. The molecule has 10 heavy (non-hydrogen) atoms. The fraction of sp³-hybridized carbons (Fsp3) is 0.857. The van der Waals surface area contributed by atoms with E-state index in [1.54, 1.807) is 0 Å². The monoisotopic (exact) mass is 395 g/mol. The first kappa shape index (κ1) is 11.3. The summed E-state index contributed by atoms with van der Waals surface area (Å²) in [4.78, 5) is 10.1. The Bertz CT molecular complexity index is 77.7. The Hall–Kier alpha value is -1.53. The van der Waals surface area contributed by atoms with E-state index in [-0.39, 0.29) is 5.91 Å². The summed E-state index contributed by atoms with van der Waals surface area (Å²) in [6.45, 7) is 5.01. The molecule has 1 aliphatic rings. The second-order valence-corrected chi connectivity index (χ2v) is 2.09. The van der Waals surface area contributed by atoms with Crippen molar-refractivity contribution in [2.24, 2.45) is 0 Å². The predicted molar refractivity (Wildman–Crippen MR) is 38.4 cm³/mol. The van der Waals surface area contributed by atoms with E-state index in [0.717, 1.165) is 13.0 Å². The van der Waals surface area contributed by atoms with Crippen molar-refractivity contribution >= 4 is 5.91 Å². The number of carbonyl (C=O) groups is 1. The molecule has 1 heterocycles. The van der Waals surface area contributed by atoms with Gasteiger partial charge in [-0.2, -0.15) is 0 Å². The molecule has 0 N–H and O–H groups in total. The van der Waals surface area contributed by atoms with E-state index in [0.29, 0.717) is 6.42 Å². The number of carbonyl (C=O) groups excluding carboxylic acids is 1. The van der Waals surface area contributed by atoms with E-state index in [9.17, 15) is 4.79 Å². The van der Waals surface area contributed by atoms with Gasteiger partial charge in [0.15, 0.2) is 0 Å². The Morgan fingerprint density at radius 1 is 1.50 bits per heavy atom. The SMILES string of the molecule is CCC.O=C1CCC[N-]1.[Rf]. The van der Waals surface area contributed by atoms with Crippen LogP contribution in [-0.2, 0) is 4.79 Å². The maximum absolute atomic E-state index is 10.1. The van der Waals surface area contributed by atoms with Gasteiger partial charge in [0.25, 0.3) is 0 Å². The van der Waals surface area contributed by atoms with Crippen molar-refractivity contribution in [3.8, 4) is 0 Å². The Morgan fingerprint density at radius 2 is 2.00 bits per heavy atom. The molecule has 2 nitrogen and oxygen atoms in total. The summed E-state index contributed by atoms with van der Waals surface area (Å²) in [6.07, 6.45) is 2.90. The van der Waals surface area contributed by atoms with E-state index in [4.69, 9.17) is 0 Å². The summed E-state index contributed by atoms with van der Waals surface area (Å²) < 4.78 is 0. The molecule has 0 spiro atoms. The van der Waals surface area contributed by atoms with Gasteiger partial charge in [-0.25, -0.2) is 0 Å². The molecule has 0 aliphatic carbocycles. The van der Waals surface area contributed by atoms with Crippen LogP contribution in [0.2, 0.25) is 0 Å². The molecule has 0 atom stereocenters. The van der Waals surface area contributed by atoms with Gasteiger partial charge in [-0.05, 0) is 6.42 Å². The van der Waals surface area contributed by atoms with Gasteiger partial charge in [0.05, 0.1) is 5.91 Å². The molecule has 3 heteroatoms. The zero-order valence-electron chi connectivity index (χ0n) is 6.89. The summed E-state index contributed by atoms with van der Waals surface area (Å²) in [5.41, 5.74) is 0. The maximum Gasteiger partial charge on any atom is 0.0510 e. The zero-order chi connectivity index (χ0) is 7.11. The molecular formula is C7H14NORf-. The second kappa shape index (κ2) is 7.47. The van der Waals surface area contributed by atoms with Crippen molar-refractivity contribution in [2.75, 3.05) is 6.54 Å². The molecule has 1 fully saturated rings. The van der Waals surface area contributed by atoms with Crippen molar-refractivity contribution in [2.45, 2.75) is 33.1 Å². The van der Waals surface area contributed by atoms with Crippen molar-refractivity contribution < 1.29 is 4.79 Å². The van der Waals surface area contributed by atoms with Crippen LogP contribution in [0.5, 0.6) is 0 Å². The van der Waals surface area contributed by atoms with Crippen molar-refractivity contribution in [3.05, 3.63) is 5.32 Å². The van der Waals surface area contributed by atoms with Crippen LogP contribution in [0.15, 0.2) is 0 Å². The third-order valence-electron chi connectivity index (χ3n) is 0.837. The predicted octanol–water partition coefficient (Wildman–Crippen LogP) is 2.10. The van der Waals surface area contributed by atoms with Gasteiger partial charge in [0.1, 0.15) is 0 Å². The van der Waals surface area contributed by atoms with E-state index >= 15 is 0 Å². The minimum atomic E-state index is 0. The molecule has 1 saturated heterocycles. The second-order valence-electron chi connectivity index (χ2n) is 2.09. The molecule has 0 aromatic carbocycles. The van der Waals surface area contributed by atoms with Gasteiger partial charge in [-0.15, -0.1) is 6.54 Å². The smallest absolute Gasteiger partial charge is 0.0510 e. The number of amides is 1. The van der Waals surface area contributed by atoms with Gasteiger partial charge in [-0.3, -0.25) is 0 Å². The van der Waals surface area contributed by atoms with Crippen LogP contribution in [0.25, 0.3) is 5.32 Å². The van der Waals surface area contributed by atoms with Crippen LogP contribution in [0, 0.1) is 0 Å². The van der Waals surface area contributed by atoms with Gasteiger partial charge in [-0.1, -0.05) is 26.7 Å². The van der Waals surface area contributed by atoms with Gasteiger partial charge < -0.3 is 10.1 Å². The first-order valence-electron chi connectivity index (χ1n) is 3.51. The van der Waals surface area contributed by atoms with Crippen molar-refractivity contribution in [1.29, 1.82) is 0 Å². The fourth-order valence-electron chi connectivity index (χ4n) is 0.513. The summed E-state index contributed by atoms with van der Waals surface area (Å²) in [5, 5.41) is 3.60. The minimum absolute atomic E-state index is 0. The van der Waals surface area contributed by atoms with Crippen LogP contribution >= 0.6 is 0 Å². The Morgan fingerprint density at radius 3 is 2.10 bits per heavy atom. The van der Waals surface area contributed by atoms with E-state index in [2.05, 4.69) is 19.2 Å². The van der Waals surface area contributed by atoms with Crippen LogP contribution in [-0.4, -0.2) is 12.5 Å². The largest absolute Gasteiger partial charge is 0.653 e. The van der Waals surface area contributed by atoms with Crippen molar-refractivity contribution in [3.63, 3.8) is 0 Å².